The zero-order chi connectivity index (χ0) is 14.3. The van der Waals surface area contributed by atoms with E-state index in [1.807, 2.05) is 0 Å². The van der Waals surface area contributed by atoms with Crippen LogP contribution in [-0.4, -0.2) is 22.1 Å². The quantitative estimate of drug-likeness (QED) is 0.913. The molecular formula is C12H14F3N3O. The van der Waals surface area contributed by atoms with E-state index >= 15 is 0 Å². The van der Waals surface area contributed by atoms with Crippen molar-refractivity contribution in [3.05, 3.63) is 23.8 Å². The second-order valence-corrected chi connectivity index (χ2v) is 4.94. The predicted molar refractivity (Wildman–Crippen MR) is 61.0 cm³/mol. The van der Waals surface area contributed by atoms with Gasteiger partial charge in [-0.1, -0.05) is 0 Å². The summed E-state index contributed by atoms with van der Waals surface area (Å²) in [6.07, 6.45) is -1.96. The van der Waals surface area contributed by atoms with Gasteiger partial charge in [0.2, 0.25) is 5.91 Å². The Morgan fingerprint density at radius 1 is 1.42 bits per heavy atom. The van der Waals surface area contributed by atoms with Crippen LogP contribution in [0.25, 0.3) is 0 Å². The molecule has 104 valence electrons. The van der Waals surface area contributed by atoms with Crippen molar-refractivity contribution in [3.8, 4) is 0 Å². The van der Waals surface area contributed by atoms with Gasteiger partial charge in [0.15, 0.2) is 0 Å². The number of amides is 1. The highest BCUT2D eigenvalue weighted by Crippen LogP contribution is 2.65. The maximum atomic E-state index is 13.2. The minimum atomic E-state index is -4.35. The van der Waals surface area contributed by atoms with E-state index in [1.54, 1.807) is 6.92 Å². The van der Waals surface area contributed by atoms with Gasteiger partial charge < -0.3 is 5.73 Å². The van der Waals surface area contributed by atoms with Crippen molar-refractivity contribution in [2.75, 3.05) is 0 Å². The Hall–Kier alpha value is -1.66. The molecule has 4 nitrogen and oxygen atoms in total. The van der Waals surface area contributed by atoms with Crippen LogP contribution in [0.1, 0.15) is 36.6 Å². The van der Waals surface area contributed by atoms with Gasteiger partial charge in [-0.2, -0.15) is 13.2 Å². The van der Waals surface area contributed by atoms with Crippen molar-refractivity contribution < 1.29 is 18.0 Å². The normalized spacial score (nSPS) is 18.9. The zero-order valence-corrected chi connectivity index (χ0v) is 10.4. The van der Waals surface area contributed by atoms with E-state index in [-0.39, 0.29) is 19.3 Å². The maximum absolute atomic E-state index is 13.2. The number of hydrogen-bond acceptors (Lipinski definition) is 3. The molecule has 0 spiro atoms. The maximum Gasteiger partial charge on any atom is 0.395 e. The van der Waals surface area contributed by atoms with E-state index in [4.69, 9.17) is 5.73 Å². The number of carbonyl (C=O) groups excluding carboxylic acids is 1. The Balaban J connectivity index is 2.37. The SMILES string of the molecule is Cc1ncc([C@@H](CC(N)=O)C2(C(F)(F)F)CC2)cn1. The van der Waals surface area contributed by atoms with Crippen LogP contribution in [0.2, 0.25) is 0 Å². The van der Waals surface area contributed by atoms with E-state index in [0.717, 1.165) is 0 Å². The summed E-state index contributed by atoms with van der Waals surface area (Å²) in [7, 11) is 0. The fraction of sp³-hybridized carbons (Fsp3) is 0.583. The second kappa shape index (κ2) is 4.47. The third-order valence-corrected chi connectivity index (χ3v) is 3.63. The third-order valence-electron chi connectivity index (χ3n) is 3.63. The molecule has 1 fully saturated rings. The number of hydrogen-bond donors (Lipinski definition) is 1. The van der Waals surface area contributed by atoms with Crippen LogP contribution in [0.4, 0.5) is 13.2 Å². The molecule has 0 unspecified atom stereocenters. The Morgan fingerprint density at radius 3 is 2.32 bits per heavy atom. The molecule has 19 heavy (non-hydrogen) atoms. The molecule has 0 radical (unpaired) electrons. The summed E-state index contributed by atoms with van der Waals surface area (Å²) in [6.45, 7) is 1.64. The van der Waals surface area contributed by atoms with Gasteiger partial charge in [-0.15, -0.1) is 0 Å². The highest BCUT2D eigenvalue weighted by Gasteiger charge is 2.67. The lowest BCUT2D eigenvalue weighted by molar-refractivity contribution is -0.194. The van der Waals surface area contributed by atoms with Gasteiger partial charge in [0.1, 0.15) is 5.82 Å². The van der Waals surface area contributed by atoms with E-state index in [9.17, 15) is 18.0 Å². The summed E-state index contributed by atoms with van der Waals surface area (Å²) in [5.41, 5.74) is 3.55. The van der Waals surface area contributed by atoms with Gasteiger partial charge >= 0.3 is 6.18 Å². The fourth-order valence-corrected chi connectivity index (χ4v) is 2.38. The molecule has 1 atom stereocenters. The van der Waals surface area contributed by atoms with Crippen molar-refractivity contribution in [1.29, 1.82) is 0 Å². The molecule has 2 N–H and O–H groups in total. The van der Waals surface area contributed by atoms with Crippen LogP contribution >= 0.6 is 0 Å². The first-order valence-corrected chi connectivity index (χ1v) is 5.90. The van der Waals surface area contributed by atoms with Crippen molar-refractivity contribution in [2.45, 2.75) is 38.3 Å². The number of aryl methyl sites for hydroxylation is 1. The van der Waals surface area contributed by atoms with E-state index in [2.05, 4.69) is 9.97 Å². The number of nitrogens with zero attached hydrogens (tertiary/aromatic N) is 2. The molecule has 1 aliphatic rings. The largest absolute Gasteiger partial charge is 0.395 e. The summed E-state index contributed by atoms with van der Waals surface area (Å²) < 4.78 is 39.5. The molecule has 0 bridgehead atoms. The molecule has 1 aromatic heterocycles. The molecule has 0 saturated heterocycles. The van der Waals surface area contributed by atoms with Crippen LogP contribution in [0.3, 0.4) is 0 Å². The van der Waals surface area contributed by atoms with Gasteiger partial charge in [-0.05, 0) is 25.3 Å². The molecule has 7 heteroatoms. The first-order chi connectivity index (χ1) is 8.76. The smallest absolute Gasteiger partial charge is 0.370 e. The van der Waals surface area contributed by atoms with Gasteiger partial charge in [-0.25, -0.2) is 9.97 Å². The van der Waals surface area contributed by atoms with Crippen LogP contribution < -0.4 is 5.73 Å². The van der Waals surface area contributed by atoms with E-state index in [1.165, 1.54) is 12.4 Å². The molecule has 1 saturated carbocycles. The molecule has 1 aliphatic carbocycles. The lowest BCUT2D eigenvalue weighted by Gasteiger charge is -2.28. The predicted octanol–water partition coefficient (Wildman–Crippen LogP) is 2.09. The number of primary amides is 1. The topological polar surface area (TPSA) is 68.9 Å². The van der Waals surface area contributed by atoms with Crippen LogP contribution in [0.5, 0.6) is 0 Å². The first-order valence-electron chi connectivity index (χ1n) is 5.90. The number of rotatable bonds is 4. The Labute approximate surface area is 108 Å². The van der Waals surface area contributed by atoms with Gasteiger partial charge in [0, 0.05) is 24.7 Å². The Morgan fingerprint density at radius 2 is 1.95 bits per heavy atom. The number of nitrogens with two attached hydrogens (primary N) is 1. The van der Waals surface area contributed by atoms with Crippen molar-refractivity contribution >= 4 is 5.91 Å². The average molecular weight is 273 g/mol. The molecular weight excluding hydrogens is 259 g/mol. The molecule has 0 aliphatic heterocycles. The van der Waals surface area contributed by atoms with Crippen LogP contribution in [-0.2, 0) is 4.79 Å². The van der Waals surface area contributed by atoms with Gasteiger partial charge in [-0.3, -0.25) is 4.79 Å². The standard InChI is InChI=1S/C12H14F3N3O/c1-7-17-5-8(6-18-7)9(4-10(16)19)11(2-3-11)12(13,14)15/h5-6,9H,2-4H2,1H3,(H2,16,19)/t9-/m1/s1. The summed E-state index contributed by atoms with van der Waals surface area (Å²) in [5, 5.41) is 0. The van der Waals surface area contributed by atoms with Crippen molar-refractivity contribution in [3.63, 3.8) is 0 Å². The van der Waals surface area contributed by atoms with Crippen LogP contribution in [0.15, 0.2) is 12.4 Å². The van der Waals surface area contributed by atoms with Crippen LogP contribution in [0, 0.1) is 12.3 Å². The van der Waals surface area contributed by atoms with Gasteiger partial charge in [0.25, 0.3) is 0 Å². The van der Waals surface area contributed by atoms with E-state index in [0.29, 0.717) is 11.4 Å². The highest BCUT2D eigenvalue weighted by atomic mass is 19.4. The lowest BCUT2D eigenvalue weighted by Crippen LogP contribution is -2.33. The Bertz CT molecular complexity index is 480. The highest BCUT2D eigenvalue weighted by molar-refractivity contribution is 5.75. The number of halogens is 3. The number of aromatic nitrogens is 2. The molecule has 1 aromatic rings. The first kappa shape index (κ1) is 13.8. The summed E-state index contributed by atoms with van der Waals surface area (Å²) in [6, 6.07) is 0. The molecule has 2 rings (SSSR count). The summed E-state index contributed by atoms with van der Waals surface area (Å²) >= 11 is 0. The minimum absolute atomic E-state index is 0.0162. The summed E-state index contributed by atoms with van der Waals surface area (Å²) in [5.74, 6) is -1.27. The monoisotopic (exact) mass is 273 g/mol. The fourth-order valence-electron chi connectivity index (χ4n) is 2.38. The molecule has 1 heterocycles. The third kappa shape index (κ3) is 2.54. The zero-order valence-electron chi connectivity index (χ0n) is 10.4. The lowest BCUT2D eigenvalue weighted by atomic mass is 9.81. The number of carbonyl (C=O) groups is 1. The van der Waals surface area contributed by atoms with Crippen molar-refractivity contribution in [2.24, 2.45) is 11.1 Å². The second-order valence-electron chi connectivity index (χ2n) is 4.94. The average Bonchev–Trinajstić information content (AvgIpc) is 3.07. The van der Waals surface area contributed by atoms with Gasteiger partial charge in [0.05, 0.1) is 5.41 Å². The minimum Gasteiger partial charge on any atom is -0.370 e. The van der Waals surface area contributed by atoms with E-state index < -0.39 is 23.4 Å². The van der Waals surface area contributed by atoms with Crippen molar-refractivity contribution in [1.82, 2.24) is 9.97 Å². The molecule has 1 amide bonds. The summed E-state index contributed by atoms with van der Waals surface area (Å²) in [4.78, 5) is 18.9. The number of alkyl halides is 3. The Kier molecular flexibility index (Phi) is 3.24. The molecule has 0 aromatic carbocycles.